The van der Waals surface area contributed by atoms with E-state index in [9.17, 15) is 0 Å². The number of anilines is 1. The molecule has 2 aromatic rings. The molecule has 142 valence electrons. The molecule has 0 saturated heterocycles. The van der Waals surface area contributed by atoms with Gasteiger partial charge in [-0.2, -0.15) is 5.10 Å². The molecule has 4 aliphatic carbocycles. The van der Waals surface area contributed by atoms with Crippen LogP contribution in [-0.4, -0.2) is 14.9 Å². The van der Waals surface area contributed by atoms with E-state index in [1.807, 2.05) is 6.07 Å². The molecule has 4 aliphatic rings. The Morgan fingerprint density at radius 1 is 1.07 bits per heavy atom. The van der Waals surface area contributed by atoms with Crippen LogP contribution in [0, 0.1) is 17.8 Å². The molecule has 4 saturated carbocycles. The molecule has 1 unspecified atom stereocenters. The highest BCUT2D eigenvalue weighted by molar-refractivity contribution is 7.80. The molecular weight excluding hydrogens is 352 g/mol. The molecule has 1 atom stereocenters. The molecule has 1 aromatic heterocycles. The highest BCUT2D eigenvalue weighted by Crippen LogP contribution is 2.58. The largest absolute Gasteiger partial charge is 0.356 e. The van der Waals surface area contributed by atoms with Gasteiger partial charge in [0.25, 0.3) is 0 Å². The Bertz CT molecular complexity index is 793. The van der Waals surface area contributed by atoms with Gasteiger partial charge in [-0.15, -0.1) is 0 Å². The number of benzene rings is 1. The average molecular weight is 381 g/mol. The van der Waals surface area contributed by atoms with E-state index >= 15 is 0 Å². The minimum Gasteiger partial charge on any atom is -0.356 e. The summed E-state index contributed by atoms with van der Waals surface area (Å²) in [6, 6.07) is 12.6. The summed E-state index contributed by atoms with van der Waals surface area (Å²) < 4.78 is 2.27. The Labute approximate surface area is 166 Å². The van der Waals surface area contributed by atoms with Gasteiger partial charge in [-0.25, -0.2) is 0 Å². The van der Waals surface area contributed by atoms with Gasteiger partial charge >= 0.3 is 0 Å². The van der Waals surface area contributed by atoms with E-state index in [0.29, 0.717) is 5.11 Å². The van der Waals surface area contributed by atoms with E-state index in [4.69, 9.17) is 17.3 Å². The van der Waals surface area contributed by atoms with Gasteiger partial charge in [0.15, 0.2) is 10.9 Å². The fourth-order valence-corrected chi connectivity index (χ4v) is 6.46. The number of rotatable bonds is 4. The SMILES string of the molecule is CC(NC(=S)Nc1ccn(C23CC4CC(CC(C4)C2)C3)n1)c1ccccc1. The highest BCUT2D eigenvalue weighted by atomic mass is 32.1. The van der Waals surface area contributed by atoms with E-state index in [1.54, 1.807) is 0 Å². The fourth-order valence-electron chi connectivity index (χ4n) is 6.17. The van der Waals surface area contributed by atoms with Gasteiger partial charge < -0.3 is 10.6 Å². The van der Waals surface area contributed by atoms with E-state index < -0.39 is 0 Å². The number of nitrogens with zero attached hydrogens (tertiary/aromatic N) is 2. The zero-order valence-electron chi connectivity index (χ0n) is 15.9. The summed E-state index contributed by atoms with van der Waals surface area (Å²) in [6.45, 7) is 2.12. The number of thiocarbonyl (C=S) groups is 1. The second-order valence-electron chi connectivity index (χ2n) is 9.02. The van der Waals surface area contributed by atoms with Gasteiger partial charge in [-0.05, 0) is 81.0 Å². The molecule has 4 bridgehead atoms. The number of aromatic nitrogens is 2. The first kappa shape index (κ1) is 17.2. The summed E-state index contributed by atoms with van der Waals surface area (Å²) in [7, 11) is 0. The summed E-state index contributed by atoms with van der Waals surface area (Å²) in [4.78, 5) is 0. The molecule has 1 aromatic carbocycles. The maximum Gasteiger partial charge on any atom is 0.172 e. The third-order valence-electron chi connectivity index (χ3n) is 6.97. The summed E-state index contributed by atoms with van der Waals surface area (Å²) >= 11 is 5.52. The van der Waals surface area contributed by atoms with Crippen LogP contribution in [0.2, 0.25) is 0 Å². The molecule has 4 fully saturated rings. The Kier molecular flexibility index (Phi) is 4.23. The van der Waals surface area contributed by atoms with Gasteiger partial charge in [0.05, 0.1) is 11.6 Å². The Balaban J connectivity index is 1.25. The van der Waals surface area contributed by atoms with Crippen LogP contribution in [0.5, 0.6) is 0 Å². The van der Waals surface area contributed by atoms with Crippen molar-refractivity contribution in [3.8, 4) is 0 Å². The van der Waals surface area contributed by atoms with Gasteiger partial charge in [0.1, 0.15) is 0 Å². The molecule has 5 heteroatoms. The molecule has 1 heterocycles. The number of nitrogens with one attached hydrogen (secondary N) is 2. The van der Waals surface area contributed by atoms with Crippen LogP contribution in [-0.2, 0) is 5.54 Å². The molecule has 2 N–H and O–H groups in total. The molecule has 27 heavy (non-hydrogen) atoms. The summed E-state index contributed by atoms with van der Waals surface area (Å²) in [5, 5.41) is 12.2. The predicted octanol–water partition coefficient (Wildman–Crippen LogP) is 4.86. The predicted molar refractivity (Wildman–Crippen MR) is 113 cm³/mol. The molecule has 4 nitrogen and oxygen atoms in total. The molecular formula is C22H28N4S. The van der Waals surface area contributed by atoms with Crippen LogP contribution in [0.15, 0.2) is 42.6 Å². The minimum absolute atomic E-state index is 0.163. The second-order valence-corrected chi connectivity index (χ2v) is 9.43. The zero-order valence-corrected chi connectivity index (χ0v) is 16.7. The maximum absolute atomic E-state index is 5.52. The van der Waals surface area contributed by atoms with Crippen molar-refractivity contribution in [2.45, 2.75) is 57.0 Å². The van der Waals surface area contributed by atoms with E-state index in [1.165, 1.54) is 44.1 Å². The molecule has 0 spiro atoms. The molecule has 6 rings (SSSR count). The number of hydrogen-bond acceptors (Lipinski definition) is 2. The average Bonchev–Trinajstić information content (AvgIpc) is 3.10. The van der Waals surface area contributed by atoms with Gasteiger partial charge in [-0.3, -0.25) is 4.68 Å². The van der Waals surface area contributed by atoms with E-state index in [0.717, 1.165) is 23.6 Å². The lowest BCUT2D eigenvalue weighted by Crippen LogP contribution is -2.52. The van der Waals surface area contributed by atoms with Crippen molar-refractivity contribution in [2.75, 3.05) is 5.32 Å². The van der Waals surface area contributed by atoms with Crippen molar-refractivity contribution in [1.29, 1.82) is 0 Å². The van der Waals surface area contributed by atoms with Crippen LogP contribution >= 0.6 is 12.2 Å². The second kappa shape index (κ2) is 6.62. The van der Waals surface area contributed by atoms with Gasteiger partial charge in [0.2, 0.25) is 0 Å². The summed E-state index contributed by atoms with van der Waals surface area (Å²) in [5.74, 6) is 3.62. The van der Waals surface area contributed by atoms with Gasteiger partial charge in [0, 0.05) is 12.3 Å². The maximum atomic E-state index is 5.52. The third kappa shape index (κ3) is 3.27. The Morgan fingerprint density at radius 3 is 2.33 bits per heavy atom. The molecule has 0 amide bonds. The lowest BCUT2D eigenvalue weighted by molar-refractivity contribution is -0.0492. The standard InChI is InChI=1S/C22H28N4S/c1-15(19-5-3-2-4-6-19)23-21(27)24-20-7-8-26(25-20)22-12-16-9-17(13-22)11-18(10-16)14-22/h2-8,15-18H,9-14H2,1H3,(H2,23,24,25,27). The smallest absolute Gasteiger partial charge is 0.172 e. The Hall–Kier alpha value is -1.88. The van der Waals surface area contributed by atoms with Crippen LogP contribution in [0.25, 0.3) is 0 Å². The van der Waals surface area contributed by atoms with Crippen molar-refractivity contribution in [1.82, 2.24) is 15.1 Å². The monoisotopic (exact) mass is 380 g/mol. The first-order valence-electron chi connectivity index (χ1n) is 10.3. The quantitative estimate of drug-likeness (QED) is 0.744. The highest BCUT2D eigenvalue weighted by Gasteiger charge is 2.52. The molecule has 0 radical (unpaired) electrons. The summed E-state index contributed by atoms with van der Waals surface area (Å²) in [6.07, 6.45) is 10.5. The van der Waals surface area contributed by atoms with Crippen molar-refractivity contribution in [3.05, 3.63) is 48.2 Å². The van der Waals surface area contributed by atoms with Crippen LogP contribution in [0.1, 0.15) is 57.1 Å². The third-order valence-corrected chi connectivity index (χ3v) is 7.19. The Morgan fingerprint density at radius 2 is 1.70 bits per heavy atom. The molecule has 0 aliphatic heterocycles. The first-order valence-corrected chi connectivity index (χ1v) is 10.7. The lowest BCUT2D eigenvalue weighted by Gasteiger charge is -2.56. The van der Waals surface area contributed by atoms with Crippen molar-refractivity contribution < 1.29 is 0 Å². The van der Waals surface area contributed by atoms with E-state index in [2.05, 4.69) is 58.8 Å². The van der Waals surface area contributed by atoms with Crippen LogP contribution in [0.3, 0.4) is 0 Å². The van der Waals surface area contributed by atoms with Crippen LogP contribution in [0.4, 0.5) is 5.82 Å². The van der Waals surface area contributed by atoms with Crippen LogP contribution < -0.4 is 10.6 Å². The zero-order chi connectivity index (χ0) is 18.4. The normalized spacial score (nSPS) is 32.3. The van der Waals surface area contributed by atoms with Crippen molar-refractivity contribution >= 4 is 23.1 Å². The summed E-state index contributed by atoms with van der Waals surface area (Å²) in [5.41, 5.74) is 1.49. The van der Waals surface area contributed by atoms with E-state index in [-0.39, 0.29) is 11.6 Å². The van der Waals surface area contributed by atoms with Gasteiger partial charge in [-0.1, -0.05) is 30.3 Å². The number of hydrogen-bond donors (Lipinski definition) is 2. The lowest BCUT2D eigenvalue weighted by atomic mass is 9.53. The topological polar surface area (TPSA) is 41.9 Å². The fraction of sp³-hybridized carbons (Fsp3) is 0.545. The van der Waals surface area contributed by atoms with Crippen molar-refractivity contribution in [2.24, 2.45) is 17.8 Å². The first-order chi connectivity index (χ1) is 13.1. The van der Waals surface area contributed by atoms with Crippen molar-refractivity contribution in [3.63, 3.8) is 0 Å². The minimum atomic E-state index is 0.163.